The Kier molecular flexibility index (Phi) is 4.60. The van der Waals surface area contributed by atoms with Crippen LogP contribution in [0.15, 0.2) is 41.4 Å². The van der Waals surface area contributed by atoms with Crippen molar-refractivity contribution in [1.29, 1.82) is 0 Å². The molecule has 2 aromatic heterocycles. The quantitative estimate of drug-likeness (QED) is 0.927. The van der Waals surface area contributed by atoms with Crippen molar-refractivity contribution in [3.05, 3.63) is 46.9 Å². The summed E-state index contributed by atoms with van der Waals surface area (Å²) < 4.78 is 6.08. The van der Waals surface area contributed by atoms with Gasteiger partial charge in [0.15, 0.2) is 0 Å². The van der Waals surface area contributed by atoms with Gasteiger partial charge in [-0.1, -0.05) is 0 Å². The molecular weight excluding hydrogens is 322 g/mol. The average molecular weight is 343 g/mol. The molecule has 4 rings (SSSR count). The Morgan fingerprint density at radius 2 is 2.42 bits per heavy atom. The first kappa shape index (κ1) is 15.7. The van der Waals surface area contributed by atoms with Crippen LogP contribution in [0.25, 0.3) is 0 Å². The summed E-state index contributed by atoms with van der Waals surface area (Å²) >= 11 is 1.74. The van der Waals surface area contributed by atoms with E-state index in [2.05, 4.69) is 32.0 Å². The second-order valence-corrected chi connectivity index (χ2v) is 7.33. The molecular formula is C18H21N3O2S. The molecule has 24 heavy (non-hydrogen) atoms. The Morgan fingerprint density at radius 3 is 3.21 bits per heavy atom. The van der Waals surface area contributed by atoms with Crippen molar-refractivity contribution < 1.29 is 9.53 Å². The number of nitrogens with one attached hydrogen (secondary N) is 1. The zero-order chi connectivity index (χ0) is 16.4. The Bertz CT molecular complexity index is 677. The van der Waals surface area contributed by atoms with Crippen molar-refractivity contribution in [2.45, 2.75) is 31.6 Å². The number of rotatable bonds is 4. The number of amides is 1. The number of carbonyl (C=O) groups excluding carboxylic acids is 1. The molecule has 0 aromatic carbocycles. The maximum Gasteiger partial charge on any atom is 0.253 e. The molecule has 0 bridgehead atoms. The number of nitrogens with zero attached hydrogens (tertiary/aromatic N) is 2. The predicted molar refractivity (Wildman–Crippen MR) is 93.8 cm³/mol. The maximum atomic E-state index is 12.4. The lowest BCUT2D eigenvalue weighted by atomic mass is 9.91. The Balaban J connectivity index is 1.33. The molecule has 0 saturated carbocycles. The van der Waals surface area contributed by atoms with Crippen molar-refractivity contribution in [2.24, 2.45) is 5.92 Å². The fraction of sp³-hybridized carbons (Fsp3) is 0.444. The third kappa shape index (κ3) is 3.50. The predicted octanol–water partition coefficient (Wildman–Crippen LogP) is 2.76. The van der Waals surface area contributed by atoms with Crippen LogP contribution in [-0.4, -0.2) is 41.1 Å². The van der Waals surface area contributed by atoms with Crippen molar-refractivity contribution in [3.63, 3.8) is 0 Å². The number of hydrogen-bond donors (Lipinski definition) is 1. The summed E-state index contributed by atoms with van der Waals surface area (Å²) in [4.78, 5) is 18.9. The van der Waals surface area contributed by atoms with Crippen LogP contribution in [0.3, 0.4) is 0 Å². The number of hydrogen-bond acceptors (Lipinski definition) is 5. The van der Waals surface area contributed by atoms with Gasteiger partial charge in [-0.15, -0.1) is 0 Å². The molecule has 0 aliphatic carbocycles. The minimum absolute atomic E-state index is 0.0539. The standard InChI is InChI=1S/C18H21N3O2S/c22-18(20-15-2-1-5-19-9-15)16-8-14-3-6-21(11-17(14)23-16)10-13-4-7-24-12-13/h1-2,4-5,7,9,12,14,16-17H,3,6,8,10-11H2,(H,20,22)/t14-,16-,17+/m0/s1. The van der Waals surface area contributed by atoms with Crippen LogP contribution >= 0.6 is 11.3 Å². The van der Waals surface area contributed by atoms with Crippen LogP contribution < -0.4 is 5.32 Å². The molecule has 0 radical (unpaired) electrons. The van der Waals surface area contributed by atoms with Crippen LogP contribution in [0, 0.1) is 5.92 Å². The second-order valence-electron chi connectivity index (χ2n) is 6.55. The number of carbonyl (C=O) groups is 1. The normalized spacial score (nSPS) is 26.9. The fourth-order valence-corrected chi connectivity index (χ4v) is 4.27. The summed E-state index contributed by atoms with van der Waals surface area (Å²) in [6.45, 7) is 2.97. The van der Waals surface area contributed by atoms with E-state index in [0.29, 0.717) is 5.92 Å². The number of thiophene rings is 1. The molecule has 126 valence electrons. The molecule has 4 heterocycles. The van der Waals surface area contributed by atoms with Crippen LogP contribution in [0.1, 0.15) is 18.4 Å². The monoisotopic (exact) mass is 343 g/mol. The molecule has 0 unspecified atom stereocenters. The van der Waals surface area contributed by atoms with E-state index in [1.807, 2.05) is 12.1 Å². The van der Waals surface area contributed by atoms with Gasteiger partial charge in [-0.2, -0.15) is 11.3 Å². The summed E-state index contributed by atoms with van der Waals surface area (Å²) in [6.07, 6.45) is 5.10. The summed E-state index contributed by atoms with van der Waals surface area (Å²) in [5, 5.41) is 7.22. The summed E-state index contributed by atoms with van der Waals surface area (Å²) in [6, 6.07) is 5.83. The average Bonchev–Trinajstić information content (AvgIpc) is 3.25. The van der Waals surface area contributed by atoms with Crippen LogP contribution in [0.5, 0.6) is 0 Å². The van der Waals surface area contributed by atoms with Gasteiger partial charge in [-0.25, -0.2) is 0 Å². The van der Waals surface area contributed by atoms with Crippen LogP contribution in [-0.2, 0) is 16.1 Å². The molecule has 2 aliphatic rings. The lowest BCUT2D eigenvalue weighted by Gasteiger charge is -2.33. The van der Waals surface area contributed by atoms with Gasteiger partial charge < -0.3 is 10.1 Å². The van der Waals surface area contributed by atoms with Crippen molar-refractivity contribution >= 4 is 22.9 Å². The topological polar surface area (TPSA) is 54.5 Å². The van der Waals surface area contributed by atoms with Gasteiger partial charge in [0.25, 0.3) is 5.91 Å². The van der Waals surface area contributed by atoms with Gasteiger partial charge in [0.2, 0.25) is 0 Å². The Hall–Kier alpha value is -1.76. The van der Waals surface area contributed by atoms with E-state index in [-0.39, 0.29) is 18.1 Å². The highest BCUT2D eigenvalue weighted by Crippen LogP contribution is 2.34. The highest BCUT2D eigenvalue weighted by Gasteiger charge is 2.41. The van der Waals surface area contributed by atoms with E-state index in [4.69, 9.17) is 4.74 Å². The van der Waals surface area contributed by atoms with Gasteiger partial charge in [0, 0.05) is 19.3 Å². The smallest absolute Gasteiger partial charge is 0.253 e. The molecule has 1 N–H and O–H groups in total. The van der Waals surface area contributed by atoms with Crippen LogP contribution in [0.4, 0.5) is 5.69 Å². The second kappa shape index (κ2) is 7.01. The summed E-state index contributed by atoms with van der Waals surface area (Å²) in [5.74, 6) is 0.440. The zero-order valence-corrected chi connectivity index (χ0v) is 14.2. The SMILES string of the molecule is O=C(Nc1cccnc1)[C@@H]1C[C@@H]2CCN(Cc3ccsc3)C[C@H]2O1. The van der Waals surface area contributed by atoms with Crippen molar-refractivity contribution in [2.75, 3.05) is 18.4 Å². The number of fused-ring (bicyclic) bond motifs is 1. The number of pyridine rings is 1. The fourth-order valence-electron chi connectivity index (χ4n) is 3.61. The number of anilines is 1. The number of likely N-dealkylation sites (tertiary alicyclic amines) is 1. The number of ether oxygens (including phenoxy) is 1. The lowest BCUT2D eigenvalue weighted by molar-refractivity contribution is -0.127. The van der Waals surface area contributed by atoms with Crippen molar-refractivity contribution in [3.8, 4) is 0 Å². The minimum atomic E-state index is -0.346. The third-order valence-electron chi connectivity index (χ3n) is 4.84. The summed E-state index contributed by atoms with van der Waals surface area (Å²) in [7, 11) is 0. The highest BCUT2D eigenvalue weighted by atomic mass is 32.1. The maximum absolute atomic E-state index is 12.4. The zero-order valence-electron chi connectivity index (χ0n) is 13.4. The highest BCUT2D eigenvalue weighted by molar-refractivity contribution is 7.07. The van der Waals surface area contributed by atoms with E-state index in [9.17, 15) is 4.79 Å². The number of aromatic nitrogens is 1. The van der Waals surface area contributed by atoms with Gasteiger partial charge in [0.1, 0.15) is 6.10 Å². The summed E-state index contributed by atoms with van der Waals surface area (Å²) in [5.41, 5.74) is 2.09. The first-order valence-corrected chi connectivity index (χ1v) is 9.32. The molecule has 2 saturated heterocycles. The Labute approximate surface area is 145 Å². The van der Waals surface area contributed by atoms with E-state index in [1.165, 1.54) is 5.56 Å². The largest absolute Gasteiger partial charge is 0.364 e. The van der Waals surface area contributed by atoms with E-state index < -0.39 is 0 Å². The molecule has 1 amide bonds. The van der Waals surface area contributed by atoms with Crippen molar-refractivity contribution in [1.82, 2.24) is 9.88 Å². The molecule has 2 aromatic rings. The van der Waals surface area contributed by atoms with Gasteiger partial charge >= 0.3 is 0 Å². The molecule has 6 heteroatoms. The molecule has 5 nitrogen and oxygen atoms in total. The molecule has 2 aliphatic heterocycles. The number of piperidine rings is 1. The van der Waals surface area contributed by atoms with E-state index in [0.717, 1.165) is 38.2 Å². The first-order valence-electron chi connectivity index (χ1n) is 8.38. The van der Waals surface area contributed by atoms with Gasteiger partial charge in [-0.05, 0) is 59.8 Å². The molecule has 0 spiro atoms. The minimum Gasteiger partial charge on any atom is -0.364 e. The lowest BCUT2D eigenvalue weighted by Crippen LogP contribution is -2.41. The van der Waals surface area contributed by atoms with E-state index >= 15 is 0 Å². The van der Waals surface area contributed by atoms with Crippen LogP contribution in [0.2, 0.25) is 0 Å². The Morgan fingerprint density at radius 1 is 1.46 bits per heavy atom. The molecule has 3 atom stereocenters. The first-order chi connectivity index (χ1) is 11.8. The van der Waals surface area contributed by atoms with Gasteiger partial charge in [0.05, 0.1) is 18.0 Å². The van der Waals surface area contributed by atoms with Gasteiger partial charge in [-0.3, -0.25) is 14.7 Å². The molecule has 2 fully saturated rings. The van der Waals surface area contributed by atoms with E-state index in [1.54, 1.807) is 23.7 Å². The third-order valence-corrected chi connectivity index (χ3v) is 5.58.